The van der Waals surface area contributed by atoms with E-state index >= 15 is 0 Å². The molecule has 0 aliphatic carbocycles. The van der Waals surface area contributed by atoms with Gasteiger partial charge in [0, 0.05) is 18.1 Å². The zero-order valence-electron chi connectivity index (χ0n) is 10.7. The van der Waals surface area contributed by atoms with Crippen molar-refractivity contribution < 1.29 is 0 Å². The van der Waals surface area contributed by atoms with Gasteiger partial charge in [-0.15, -0.1) is 5.10 Å². The Morgan fingerprint density at radius 2 is 2.17 bits per heavy atom. The van der Waals surface area contributed by atoms with Crippen LogP contribution >= 0.6 is 27.5 Å². The molecule has 2 rings (SSSR count). The third kappa shape index (κ3) is 2.72. The van der Waals surface area contributed by atoms with Gasteiger partial charge in [0.15, 0.2) is 0 Å². The highest BCUT2D eigenvalue weighted by atomic mass is 79.9. The van der Waals surface area contributed by atoms with E-state index < -0.39 is 0 Å². The molecule has 1 N–H and O–H groups in total. The minimum atomic E-state index is 0.654. The maximum absolute atomic E-state index is 4.48. The first-order valence-corrected chi connectivity index (χ1v) is 7.44. The van der Waals surface area contributed by atoms with Crippen molar-refractivity contribution in [3.05, 3.63) is 21.6 Å². The smallest absolute Gasteiger partial charge is 0.135 e. The molecule has 0 unspecified atom stereocenters. The number of anilines is 1. The first kappa shape index (κ1) is 13.5. The van der Waals surface area contributed by atoms with Gasteiger partial charge in [-0.3, -0.25) is 4.68 Å². The number of nitrogens with one attached hydrogen (secondary N) is 1. The number of hydrogen-bond acceptors (Lipinski definition) is 5. The molecule has 98 valence electrons. The number of hydrogen-bond donors (Lipinski definition) is 1. The van der Waals surface area contributed by atoms with Crippen LogP contribution in [0.15, 0.2) is 4.47 Å². The fourth-order valence-electron chi connectivity index (χ4n) is 1.66. The molecule has 18 heavy (non-hydrogen) atoms. The molecule has 0 saturated carbocycles. The number of rotatable bonds is 5. The largest absolute Gasteiger partial charge is 0.374 e. The monoisotopic (exact) mass is 329 g/mol. The minimum Gasteiger partial charge on any atom is -0.374 e. The molecule has 2 heterocycles. The third-order valence-corrected chi connectivity index (χ3v) is 4.56. The zero-order valence-corrected chi connectivity index (χ0v) is 13.1. The van der Waals surface area contributed by atoms with Crippen LogP contribution in [0.4, 0.5) is 5.00 Å². The predicted molar refractivity (Wildman–Crippen MR) is 77.2 cm³/mol. The van der Waals surface area contributed by atoms with E-state index in [-0.39, 0.29) is 0 Å². The second kappa shape index (κ2) is 5.79. The van der Waals surface area contributed by atoms with Crippen molar-refractivity contribution >= 4 is 32.5 Å². The topological polar surface area (TPSA) is 55.6 Å². The molecular weight excluding hydrogens is 314 g/mol. The molecule has 0 saturated heterocycles. The van der Waals surface area contributed by atoms with Gasteiger partial charge in [-0.25, -0.2) is 0 Å². The second-order valence-corrected chi connectivity index (χ2v) is 5.67. The Hall–Kier alpha value is -0.950. The van der Waals surface area contributed by atoms with Crippen LogP contribution in [0.1, 0.15) is 30.4 Å². The molecule has 0 amide bonds. The van der Waals surface area contributed by atoms with Crippen LogP contribution in [0.3, 0.4) is 0 Å². The van der Waals surface area contributed by atoms with Gasteiger partial charge in [0.05, 0.1) is 22.4 Å². The Morgan fingerprint density at radius 3 is 2.78 bits per heavy atom. The van der Waals surface area contributed by atoms with Crippen molar-refractivity contribution in [1.82, 2.24) is 19.4 Å². The average molecular weight is 330 g/mol. The van der Waals surface area contributed by atoms with Gasteiger partial charge in [0.2, 0.25) is 0 Å². The number of aryl methyl sites for hydroxylation is 1. The van der Waals surface area contributed by atoms with Crippen LogP contribution in [0.5, 0.6) is 0 Å². The fourth-order valence-corrected chi connectivity index (χ4v) is 2.54. The highest BCUT2D eigenvalue weighted by molar-refractivity contribution is 9.10. The van der Waals surface area contributed by atoms with Crippen molar-refractivity contribution in [2.75, 3.05) is 11.9 Å². The van der Waals surface area contributed by atoms with E-state index in [1.165, 1.54) is 11.5 Å². The maximum Gasteiger partial charge on any atom is 0.135 e. The van der Waals surface area contributed by atoms with Crippen LogP contribution in [-0.2, 0) is 6.54 Å². The molecule has 7 heteroatoms. The Morgan fingerprint density at radius 1 is 1.39 bits per heavy atom. The van der Waals surface area contributed by atoms with Crippen molar-refractivity contribution in [3.8, 4) is 0 Å². The number of nitrogens with zero attached hydrogens (tertiary/aromatic N) is 4. The van der Waals surface area contributed by atoms with E-state index in [0.29, 0.717) is 6.54 Å². The molecule has 2 aromatic rings. The molecule has 0 fully saturated rings. The standard InChI is InChI=1S/C11H16BrN5S/c1-4-5-13-11-9(14-16-18-11)6-17-8(3)10(12)7(2)15-17/h13H,4-6H2,1-3H3. The van der Waals surface area contributed by atoms with Gasteiger partial charge >= 0.3 is 0 Å². The van der Waals surface area contributed by atoms with Crippen molar-refractivity contribution in [2.45, 2.75) is 33.7 Å². The van der Waals surface area contributed by atoms with Crippen LogP contribution in [0.2, 0.25) is 0 Å². The summed E-state index contributed by atoms with van der Waals surface area (Å²) in [5.74, 6) is 0. The van der Waals surface area contributed by atoms with Gasteiger partial charge in [-0.05, 0) is 36.2 Å². The molecular formula is C11H16BrN5S. The Bertz CT molecular complexity index is 534. The first-order valence-electron chi connectivity index (χ1n) is 5.88. The Kier molecular flexibility index (Phi) is 4.34. The number of aromatic nitrogens is 4. The molecule has 0 atom stereocenters. The van der Waals surface area contributed by atoms with Gasteiger partial charge in [0.25, 0.3) is 0 Å². The molecule has 5 nitrogen and oxygen atoms in total. The van der Waals surface area contributed by atoms with Crippen LogP contribution in [-0.4, -0.2) is 25.9 Å². The lowest BCUT2D eigenvalue weighted by Gasteiger charge is -2.05. The van der Waals surface area contributed by atoms with E-state index in [4.69, 9.17) is 0 Å². The summed E-state index contributed by atoms with van der Waals surface area (Å²) in [6.45, 7) is 7.77. The lowest BCUT2D eigenvalue weighted by Crippen LogP contribution is -2.08. The highest BCUT2D eigenvalue weighted by Gasteiger charge is 2.13. The molecule has 0 bridgehead atoms. The van der Waals surface area contributed by atoms with Gasteiger partial charge in [0.1, 0.15) is 10.7 Å². The van der Waals surface area contributed by atoms with Crippen molar-refractivity contribution in [2.24, 2.45) is 0 Å². The molecule has 0 aromatic carbocycles. The maximum atomic E-state index is 4.48. The molecule has 2 aromatic heterocycles. The molecule has 0 aliphatic heterocycles. The van der Waals surface area contributed by atoms with Gasteiger partial charge in [-0.2, -0.15) is 5.10 Å². The Labute approximate surface area is 119 Å². The van der Waals surface area contributed by atoms with E-state index in [0.717, 1.165) is 39.5 Å². The summed E-state index contributed by atoms with van der Waals surface area (Å²) >= 11 is 4.93. The predicted octanol–water partition coefficient (Wildman–Crippen LogP) is 2.98. The lowest BCUT2D eigenvalue weighted by molar-refractivity contribution is 0.645. The summed E-state index contributed by atoms with van der Waals surface area (Å²) in [7, 11) is 0. The summed E-state index contributed by atoms with van der Waals surface area (Å²) < 4.78 is 7.02. The molecule has 0 radical (unpaired) electrons. The van der Waals surface area contributed by atoms with Crippen LogP contribution in [0, 0.1) is 13.8 Å². The van der Waals surface area contributed by atoms with Gasteiger partial charge in [-0.1, -0.05) is 11.4 Å². The summed E-state index contributed by atoms with van der Waals surface area (Å²) in [6, 6.07) is 0. The summed E-state index contributed by atoms with van der Waals surface area (Å²) in [5, 5.41) is 13.0. The van der Waals surface area contributed by atoms with Crippen LogP contribution < -0.4 is 5.32 Å². The molecule has 0 spiro atoms. The van der Waals surface area contributed by atoms with Gasteiger partial charge < -0.3 is 5.32 Å². The third-order valence-electron chi connectivity index (χ3n) is 2.68. The van der Waals surface area contributed by atoms with E-state index in [2.05, 4.69) is 42.9 Å². The van der Waals surface area contributed by atoms with E-state index in [9.17, 15) is 0 Å². The van der Waals surface area contributed by atoms with Crippen LogP contribution in [0.25, 0.3) is 0 Å². The molecule has 0 aliphatic rings. The SMILES string of the molecule is CCCNc1snnc1Cn1nc(C)c(Br)c1C. The van der Waals surface area contributed by atoms with E-state index in [1.54, 1.807) is 0 Å². The lowest BCUT2D eigenvalue weighted by atomic mass is 10.4. The van der Waals surface area contributed by atoms with Crippen molar-refractivity contribution in [1.29, 1.82) is 0 Å². The second-order valence-electron chi connectivity index (χ2n) is 4.12. The van der Waals surface area contributed by atoms with E-state index in [1.807, 2.05) is 18.5 Å². The number of halogens is 1. The average Bonchev–Trinajstić information content (AvgIpc) is 2.89. The Balaban J connectivity index is 2.18. The minimum absolute atomic E-state index is 0.654. The quantitative estimate of drug-likeness (QED) is 0.916. The summed E-state index contributed by atoms with van der Waals surface area (Å²) in [4.78, 5) is 0. The zero-order chi connectivity index (χ0) is 13.1. The summed E-state index contributed by atoms with van der Waals surface area (Å²) in [5.41, 5.74) is 3.06. The van der Waals surface area contributed by atoms with Crippen molar-refractivity contribution in [3.63, 3.8) is 0 Å². The fraction of sp³-hybridized carbons (Fsp3) is 0.545. The highest BCUT2D eigenvalue weighted by Crippen LogP contribution is 2.23. The normalized spacial score (nSPS) is 10.9. The summed E-state index contributed by atoms with van der Waals surface area (Å²) in [6.07, 6.45) is 1.09. The first-order chi connectivity index (χ1) is 8.63.